The number of nitrogens with two attached hydrogens (primary N) is 1. The first-order valence-corrected chi connectivity index (χ1v) is 6.21. The molecule has 2 rings (SSSR count). The third kappa shape index (κ3) is 2.36. The second kappa shape index (κ2) is 4.78. The number of fused-ring (bicyclic) bond motifs is 1. The summed E-state index contributed by atoms with van der Waals surface area (Å²) in [6, 6.07) is 4.33. The molecular formula is C13H13FN2OS. The molecule has 1 heterocycles. The van der Waals surface area contributed by atoms with Crippen LogP contribution in [0.3, 0.4) is 0 Å². The first-order valence-electron chi connectivity index (χ1n) is 5.39. The quantitative estimate of drug-likeness (QED) is 0.837. The molecule has 3 nitrogen and oxygen atoms in total. The maximum Gasteiger partial charge on any atom is 0.263 e. The van der Waals surface area contributed by atoms with Gasteiger partial charge in [-0.05, 0) is 25.1 Å². The van der Waals surface area contributed by atoms with Crippen LogP contribution in [0.2, 0.25) is 0 Å². The summed E-state index contributed by atoms with van der Waals surface area (Å²) < 4.78 is 13.9. The summed E-state index contributed by atoms with van der Waals surface area (Å²) in [4.78, 5) is 12.3. The molecule has 18 heavy (non-hydrogen) atoms. The minimum absolute atomic E-state index is 0.253. The molecule has 0 fully saturated rings. The number of anilines is 1. The van der Waals surface area contributed by atoms with Crippen molar-refractivity contribution in [3.8, 4) is 0 Å². The lowest BCUT2D eigenvalue weighted by molar-refractivity contribution is 0.0962. The number of amides is 1. The van der Waals surface area contributed by atoms with Crippen LogP contribution in [0.25, 0.3) is 10.1 Å². The third-order valence-electron chi connectivity index (χ3n) is 2.45. The molecule has 0 radical (unpaired) electrons. The Morgan fingerprint density at radius 2 is 2.28 bits per heavy atom. The number of nitrogen functional groups attached to an aromatic ring is 1. The fraction of sp³-hybridized carbons (Fsp3) is 0.154. The smallest absolute Gasteiger partial charge is 0.263 e. The number of carbonyl (C=O) groups excluding carboxylic acids is 1. The van der Waals surface area contributed by atoms with Gasteiger partial charge in [0.15, 0.2) is 0 Å². The lowest BCUT2D eigenvalue weighted by atomic mass is 10.2. The van der Waals surface area contributed by atoms with Crippen molar-refractivity contribution in [1.29, 1.82) is 0 Å². The zero-order chi connectivity index (χ0) is 13.3. The number of hydrogen-bond donors (Lipinski definition) is 2. The topological polar surface area (TPSA) is 55.1 Å². The van der Waals surface area contributed by atoms with Crippen LogP contribution in [0.4, 0.5) is 10.1 Å². The van der Waals surface area contributed by atoms with Gasteiger partial charge in [0.1, 0.15) is 10.7 Å². The normalized spacial score (nSPS) is 10.6. The van der Waals surface area contributed by atoms with Crippen LogP contribution in [0.15, 0.2) is 30.4 Å². The Hall–Kier alpha value is -1.88. The van der Waals surface area contributed by atoms with Crippen molar-refractivity contribution in [2.75, 3.05) is 12.3 Å². The Labute approximate surface area is 108 Å². The standard InChI is InChI=1S/C13H13FN2OS/c1-7(2)6-16-13(17)12-11(15)9-5-8(14)3-4-10(9)18-12/h3-5H,1,6,15H2,2H3,(H,16,17). The predicted molar refractivity (Wildman–Crippen MR) is 73.3 cm³/mol. The largest absolute Gasteiger partial charge is 0.397 e. The van der Waals surface area contributed by atoms with Gasteiger partial charge in [-0.25, -0.2) is 4.39 Å². The fourth-order valence-corrected chi connectivity index (χ4v) is 2.59. The van der Waals surface area contributed by atoms with E-state index in [1.54, 1.807) is 6.07 Å². The Morgan fingerprint density at radius 3 is 2.94 bits per heavy atom. The molecule has 0 aliphatic heterocycles. The van der Waals surface area contributed by atoms with Gasteiger partial charge in [0.2, 0.25) is 0 Å². The number of nitrogens with one attached hydrogen (secondary N) is 1. The number of hydrogen-bond acceptors (Lipinski definition) is 3. The molecule has 3 N–H and O–H groups in total. The Bertz CT molecular complexity index is 633. The van der Waals surface area contributed by atoms with Crippen LogP contribution in [0.1, 0.15) is 16.6 Å². The van der Waals surface area contributed by atoms with Gasteiger partial charge in [-0.2, -0.15) is 0 Å². The number of halogens is 1. The molecular weight excluding hydrogens is 251 g/mol. The Balaban J connectivity index is 2.36. The van der Waals surface area contributed by atoms with Gasteiger partial charge in [-0.15, -0.1) is 11.3 Å². The molecule has 0 aliphatic carbocycles. The molecule has 0 spiro atoms. The summed E-state index contributed by atoms with van der Waals surface area (Å²) in [7, 11) is 0. The maximum atomic E-state index is 13.1. The Morgan fingerprint density at radius 1 is 1.56 bits per heavy atom. The SMILES string of the molecule is C=C(C)CNC(=O)c1sc2ccc(F)cc2c1N. The van der Waals surface area contributed by atoms with Crippen molar-refractivity contribution >= 4 is 33.0 Å². The van der Waals surface area contributed by atoms with Crippen molar-refractivity contribution in [3.05, 3.63) is 41.0 Å². The fourth-order valence-electron chi connectivity index (χ4n) is 1.57. The van der Waals surface area contributed by atoms with Gasteiger partial charge in [0.25, 0.3) is 5.91 Å². The van der Waals surface area contributed by atoms with Crippen molar-refractivity contribution in [3.63, 3.8) is 0 Å². The van der Waals surface area contributed by atoms with E-state index in [0.717, 1.165) is 10.3 Å². The zero-order valence-electron chi connectivity index (χ0n) is 9.92. The van der Waals surface area contributed by atoms with Gasteiger partial charge in [0.05, 0.1) is 5.69 Å². The van der Waals surface area contributed by atoms with E-state index < -0.39 is 0 Å². The number of thiophene rings is 1. The molecule has 2 aromatic rings. The van der Waals surface area contributed by atoms with Crippen molar-refractivity contribution in [1.82, 2.24) is 5.32 Å². The van der Waals surface area contributed by atoms with Crippen LogP contribution < -0.4 is 11.1 Å². The molecule has 0 bridgehead atoms. The summed E-state index contributed by atoms with van der Waals surface area (Å²) >= 11 is 1.26. The monoisotopic (exact) mass is 264 g/mol. The van der Waals surface area contributed by atoms with Crippen LogP contribution in [-0.2, 0) is 0 Å². The minimum atomic E-state index is -0.360. The van der Waals surface area contributed by atoms with Gasteiger partial charge in [-0.1, -0.05) is 12.2 Å². The number of carbonyl (C=O) groups is 1. The highest BCUT2D eigenvalue weighted by Gasteiger charge is 2.16. The van der Waals surface area contributed by atoms with Crippen LogP contribution in [-0.4, -0.2) is 12.5 Å². The average molecular weight is 264 g/mol. The summed E-state index contributed by atoms with van der Waals surface area (Å²) in [5, 5.41) is 3.30. The highest BCUT2D eigenvalue weighted by atomic mass is 32.1. The predicted octanol–water partition coefficient (Wildman–Crippen LogP) is 2.93. The second-order valence-electron chi connectivity index (χ2n) is 4.13. The summed E-state index contributed by atoms with van der Waals surface area (Å²) in [6.07, 6.45) is 0. The third-order valence-corrected chi connectivity index (χ3v) is 3.63. The van der Waals surface area contributed by atoms with E-state index in [0.29, 0.717) is 22.5 Å². The van der Waals surface area contributed by atoms with E-state index in [2.05, 4.69) is 11.9 Å². The zero-order valence-corrected chi connectivity index (χ0v) is 10.7. The summed E-state index contributed by atoms with van der Waals surface area (Å²) in [6.45, 7) is 5.93. The van der Waals surface area contributed by atoms with Gasteiger partial charge in [0, 0.05) is 16.6 Å². The number of rotatable bonds is 3. The molecule has 0 saturated heterocycles. The van der Waals surface area contributed by atoms with E-state index in [1.165, 1.54) is 23.5 Å². The van der Waals surface area contributed by atoms with E-state index in [-0.39, 0.29) is 11.7 Å². The summed E-state index contributed by atoms with van der Waals surface area (Å²) in [5.74, 6) is -0.613. The van der Waals surface area contributed by atoms with E-state index in [9.17, 15) is 9.18 Å². The second-order valence-corrected chi connectivity index (χ2v) is 5.18. The first kappa shape index (κ1) is 12.6. The molecule has 94 valence electrons. The van der Waals surface area contributed by atoms with Crippen molar-refractivity contribution in [2.45, 2.75) is 6.92 Å². The molecule has 0 atom stereocenters. The van der Waals surface area contributed by atoms with E-state index >= 15 is 0 Å². The lowest BCUT2D eigenvalue weighted by Crippen LogP contribution is -2.24. The summed E-state index contributed by atoms with van der Waals surface area (Å²) in [5.41, 5.74) is 7.06. The van der Waals surface area contributed by atoms with Crippen molar-refractivity contribution in [2.24, 2.45) is 0 Å². The average Bonchev–Trinajstić information content (AvgIpc) is 2.64. The number of benzene rings is 1. The maximum absolute atomic E-state index is 13.1. The van der Waals surface area contributed by atoms with Crippen LogP contribution >= 0.6 is 11.3 Å². The van der Waals surface area contributed by atoms with E-state index in [4.69, 9.17) is 5.73 Å². The van der Waals surface area contributed by atoms with Gasteiger partial charge >= 0.3 is 0 Å². The highest BCUT2D eigenvalue weighted by Crippen LogP contribution is 2.33. The minimum Gasteiger partial charge on any atom is -0.397 e. The highest BCUT2D eigenvalue weighted by molar-refractivity contribution is 7.21. The molecule has 1 aromatic carbocycles. The lowest BCUT2D eigenvalue weighted by Gasteiger charge is -2.03. The van der Waals surface area contributed by atoms with Crippen LogP contribution in [0.5, 0.6) is 0 Å². The first-order chi connectivity index (χ1) is 8.49. The molecule has 1 aromatic heterocycles. The molecule has 0 unspecified atom stereocenters. The molecule has 0 saturated carbocycles. The van der Waals surface area contributed by atoms with Gasteiger partial charge in [-0.3, -0.25) is 4.79 Å². The molecule has 1 amide bonds. The van der Waals surface area contributed by atoms with Gasteiger partial charge < -0.3 is 11.1 Å². The molecule has 5 heteroatoms. The van der Waals surface area contributed by atoms with Crippen molar-refractivity contribution < 1.29 is 9.18 Å². The Kier molecular flexibility index (Phi) is 3.34. The van der Waals surface area contributed by atoms with Crippen LogP contribution in [0, 0.1) is 5.82 Å². The van der Waals surface area contributed by atoms with E-state index in [1.807, 2.05) is 6.92 Å². The molecule has 0 aliphatic rings.